The van der Waals surface area contributed by atoms with Crippen LogP contribution >= 0.6 is 24.0 Å². The molecule has 2 rings (SSSR count). The number of nitrogens with zero attached hydrogens (tertiary/aromatic N) is 2. The molecule has 1 aromatic carbocycles. The number of urea groups is 1. The fraction of sp³-hybridized carbons (Fsp3) is 0.636. The number of carbonyl (C=O) groups excluding carboxylic acids is 1. The van der Waals surface area contributed by atoms with Crippen LogP contribution in [0, 0.1) is 0 Å². The summed E-state index contributed by atoms with van der Waals surface area (Å²) in [5.41, 5.74) is 1.91. The second kappa shape index (κ2) is 14.5. The van der Waals surface area contributed by atoms with Gasteiger partial charge >= 0.3 is 6.03 Å². The molecule has 1 heterocycles. The third-order valence-electron chi connectivity index (χ3n) is 5.23. The lowest BCUT2D eigenvalue weighted by atomic mass is 10.0. The maximum atomic E-state index is 11.8. The Kier molecular flexibility index (Phi) is 12.8. The molecule has 30 heavy (non-hydrogen) atoms. The number of hydrogen-bond donors (Lipinski definition) is 4. The van der Waals surface area contributed by atoms with Crippen LogP contribution < -0.4 is 21.3 Å². The van der Waals surface area contributed by atoms with Crippen LogP contribution in [0.25, 0.3) is 0 Å². The maximum Gasteiger partial charge on any atom is 0.319 e. The second-order valence-electron chi connectivity index (χ2n) is 7.90. The highest BCUT2D eigenvalue weighted by atomic mass is 127. The van der Waals surface area contributed by atoms with Crippen molar-refractivity contribution in [2.75, 3.05) is 32.0 Å². The van der Waals surface area contributed by atoms with Gasteiger partial charge in [0, 0.05) is 44.5 Å². The molecule has 8 heteroatoms. The van der Waals surface area contributed by atoms with Gasteiger partial charge in [-0.25, -0.2) is 4.79 Å². The van der Waals surface area contributed by atoms with E-state index in [0.29, 0.717) is 6.54 Å². The van der Waals surface area contributed by atoms with Gasteiger partial charge in [0.2, 0.25) is 0 Å². The Bertz CT molecular complexity index is 650. The van der Waals surface area contributed by atoms with Crippen LogP contribution in [0.2, 0.25) is 0 Å². The minimum Gasteiger partial charge on any atom is -0.355 e. The number of amides is 2. The molecule has 0 aromatic heterocycles. The standard InChI is InChI=1S/C22H38N6O.HI/c1-5-20-8-6-7-14-28(20)15-13-24-21(23-4)25-16-18-9-11-19(12-10-18)27-22(29)26-17(2)3;/h9-12,17,20H,5-8,13-16H2,1-4H3,(H2,23,24,25)(H2,26,27,29);1H. The molecule has 1 atom stereocenters. The fourth-order valence-corrected chi connectivity index (χ4v) is 3.68. The summed E-state index contributed by atoms with van der Waals surface area (Å²) in [4.78, 5) is 18.7. The summed E-state index contributed by atoms with van der Waals surface area (Å²) < 4.78 is 0. The van der Waals surface area contributed by atoms with Gasteiger partial charge in [-0.1, -0.05) is 25.5 Å². The molecule has 1 saturated heterocycles. The van der Waals surface area contributed by atoms with Crippen molar-refractivity contribution in [1.82, 2.24) is 20.9 Å². The molecule has 0 saturated carbocycles. The first-order valence-corrected chi connectivity index (χ1v) is 10.9. The van der Waals surface area contributed by atoms with Crippen molar-refractivity contribution in [2.24, 2.45) is 4.99 Å². The molecule has 170 valence electrons. The number of nitrogens with one attached hydrogen (secondary N) is 4. The minimum absolute atomic E-state index is 0. The van der Waals surface area contributed by atoms with E-state index in [-0.39, 0.29) is 36.0 Å². The third kappa shape index (κ3) is 9.51. The molecule has 0 spiro atoms. The zero-order valence-corrected chi connectivity index (χ0v) is 21.2. The van der Waals surface area contributed by atoms with E-state index in [1.165, 1.54) is 32.2 Å². The van der Waals surface area contributed by atoms with E-state index in [2.05, 4.69) is 38.1 Å². The van der Waals surface area contributed by atoms with Gasteiger partial charge in [-0.3, -0.25) is 9.89 Å². The lowest BCUT2D eigenvalue weighted by Gasteiger charge is -2.35. The number of hydrogen-bond acceptors (Lipinski definition) is 3. The van der Waals surface area contributed by atoms with Crippen molar-refractivity contribution in [2.45, 2.75) is 65.1 Å². The summed E-state index contributed by atoms with van der Waals surface area (Å²) in [6, 6.07) is 8.49. The first-order chi connectivity index (χ1) is 14.0. The topological polar surface area (TPSA) is 80.8 Å². The van der Waals surface area contributed by atoms with Gasteiger partial charge in [0.05, 0.1) is 0 Å². The Morgan fingerprint density at radius 3 is 2.57 bits per heavy atom. The third-order valence-corrected chi connectivity index (χ3v) is 5.23. The molecule has 0 aliphatic carbocycles. The lowest BCUT2D eigenvalue weighted by molar-refractivity contribution is 0.147. The lowest BCUT2D eigenvalue weighted by Crippen LogP contribution is -2.45. The molecule has 1 aromatic rings. The number of guanidine groups is 1. The highest BCUT2D eigenvalue weighted by molar-refractivity contribution is 14.0. The number of carbonyl (C=O) groups is 1. The number of halogens is 1. The molecule has 4 N–H and O–H groups in total. The molecule has 1 unspecified atom stereocenters. The summed E-state index contributed by atoms with van der Waals surface area (Å²) in [6.07, 6.45) is 5.24. The first kappa shape index (κ1) is 26.5. The molecule has 0 radical (unpaired) electrons. The van der Waals surface area contributed by atoms with Crippen molar-refractivity contribution in [3.8, 4) is 0 Å². The number of aliphatic imine (C=N–C) groups is 1. The van der Waals surface area contributed by atoms with Gasteiger partial charge in [-0.15, -0.1) is 24.0 Å². The number of anilines is 1. The van der Waals surface area contributed by atoms with Gasteiger partial charge in [-0.2, -0.15) is 0 Å². The van der Waals surface area contributed by atoms with E-state index >= 15 is 0 Å². The Morgan fingerprint density at radius 1 is 1.20 bits per heavy atom. The highest BCUT2D eigenvalue weighted by Crippen LogP contribution is 2.18. The summed E-state index contributed by atoms with van der Waals surface area (Å²) in [7, 11) is 1.80. The van der Waals surface area contributed by atoms with Crippen LogP contribution in [0.1, 0.15) is 52.0 Å². The minimum atomic E-state index is -0.186. The molecule has 1 aliphatic heterocycles. The molecular weight excluding hydrogens is 491 g/mol. The van der Waals surface area contributed by atoms with Crippen molar-refractivity contribution in [3.05, 3.63) is 29.8 Å². The normalized spacial score (nSPS) is 17.2. The van der Waals surface area contributed by atoms with E-state index in [1.54, 1.807) is 7.05 Å². The Labute approximate surface area is 198 Å². The number of likely N-dealkylation sites (tertiary alicyclic amines) is 1. The molecule has 2 amide bonds. The van der Waals surface area contributed by atoms with Crippen LogP contribution in [-0.2, 0) is 6.54 Å². The summed E-state index contributed by atoms with van der Waals surface area (Å²) in [6.45, 7) is 9.99. The van der Waals surface area contributed by atoms with E-state index in [0.717, 1.165) is 36.3 Å². The monoisotopic (exact) mass is 530 g/mol. The predicted octanol–water partition coefficient (Wildman–Crippen LogP) is 3.76. The molecular formula is C22H39IN6O. The average Bonchev–Trinajstić information content (AvgIpc) is 2.71. The van der Waals surface area contributed by atoms with E-state index in [9.17, 15) is 4.79 Å². The summed E-state index contributed by atoms with van der Waals surface area (Å²) in [5.74, 6) is 0.813. The van der Waals surface area contributed by atoms with Gasteiger partial charge < -0.3 is 21.3 Å². The Hall–Kier alpha value is -1.55. The van der Waals surface area contributed by atoms with E-state index < -0.39 is 0 Å². The zero-order valence-electron chi connectivity index (χ0n) is 18.8. The highest BCUT2D eigenvalue weighted by Gasteiger charge is 2.19. The second-order valence-corrected chi connectivity index (χ2v) is 7.90. The number of piperidine rings is 1. The van der Waals surface area contributed by atoms with Crippen molar-refractivity contribution in [1.29, 1.82) is 0 Å². The quantitative estimate of drug-likeness (QED) is 0.235. The smallest absolute Gasteiger partial charge is 0.319 e. The van der Waals surface area contributed by atoms with Crippen LogP contribution in [0.5, 0.6) is 0 Å². The zero-order chi connectivity index (χ0) is 21.1. The first-order valence-electron chi connectivity index (χ1n) is 10.9. The molecule has 1 fully saturated rings. The van der Waals surface area contributed by atoms with Gasteiger partial charge in [0.1, 0.15) is 0 Å². The number of rotatable bonds is 8. The Balaban J connectivity index is 0.00000450. The summed E-state index contributed by atoms with van der Waals surface area (Å²) >= 11 is 0. The molecule has 0 bridgehead atoms. The average molecular weight is 530 g/mol. The van der Waals surface area contributed by atoms with Crippen LogP contribution in [-0.4, -0.2) is 55.7 Å². The van der Waals surface area contributed by atoms with Crippen LogP contribution in [0.4, 0.5) is 10.5 Å². The van der Waals surface area contributed by atoms with Gasteiger partial charge in [0.25, 0.3) is 0 Å². The van der Waals surface area contributed by atoms with Gasteiger partial charge in [0.15, 0.2) is 5.96 Å². The Morgan fingerprint density at radius 2 is 1.93 bits per heavy atom. The van der Waals surface area contributed by atoms with E-state index in [4.69, 9.17) is 0 Å². The van der Waals surface area contributed by atoms with Crippen molar-refractivity contribution in [3.63, 3.8) is 0 Å². The van der Waals surface area contributed by atoms with Crippen LogP contribution in [0.3, 0.4) is 0 Å². The fourth-order valence-electron chi connectivity index (χ4n) is 3.68. The van der Waals surface area contributed by atoms with Crippen molar-refractivity contribution < 1.29 is 4.79 Å². The SMILES string of the molecule is CCC1CCCCN1CCNC(=NC)NCc1ccc(NC(=O)NC(C)C)cc1.I. The largest absolute Gasteiger partial charge is 0.355 e. The maximum absolute atomic E-state index is 11.8. The molecule has 7 nitrogen and oxygen atoms in total. The predicted molar refractivity (Wildman–Crippen MR) is 137 cm³/mol. The number of benzene rings is 1. The molecule has 1 aliphatic rings. The van der Waals surface area contributed by atoms with Crippen LogP contribution in [0.15, 0.2) is 29.3 Å². The van der Waals surface area contributed by atoms with Crippen molar-refractivity contribution >= 4 is 41.7 Å². The summed E-state index contributed by atoms with van der Waals surface area (Å²) in [5, 5.41) is 12.4. The van der Waals surface area contributed by atoms with E-state index in [1.807, 2.05) is 38.1 Å². The van der Waals surface area contributed by atoms with Gasteiger partial charge in [-0.05, 0) is 57.4 Å².